The molecule has 1 heterocycles. The van der Waals surface area contributed by atoms with Gasteiger partial charge in [0.15, 0.2) is 12.4 Å². The van der Waals surface area contributed by atoms with E-state index in [1.54, 1.807) is 0 Å². The SMILES string of the molecule is CNC(C)Cc1noc(COc2ccc(Cl)c3ccccc23)n1.Cl. The van der Waals surface area contributed by atoms with Crippen LogP contribution in [0, 0.1) is 0 Å². The maximum atomic E-state index is 6.21. The molecule has 0 fully saturated rings. The first-order chi connectivity index (χ1) is 11.2. The number of ether oxygens (including phenoxy) is 1. The molecule has 0 aliphatic rings. The van der Waals surface area contributed by atoms with Crippen molar-refractivity contribution < 1.29 is 9.26 Å². The summed E-state index contributed by atoms with van der Waals surface area (Å²) in [6, 6.07) is 11.8. The van der Waals surface area contributed by atoms with Crippen molar-refractivity contribution in [2.24, 2.45) is 0 Å². The fourth-order valence-corrected chi connectivity index (χ4v) is 2.54. The van der Waals surface area contributed by atoms with Crippen molar-refractivity contribution in [3.63, 3.8) is 0 Å². The molecular formula is C17H19Cl2N3O2. The second-order valence-electron chi connectivity index (χ2n) is 5.38. The Hall–Kier alpha value is -1.82. The van der Waals surface area contributed by atoms with E-state index in [9.17, 15) is 0 Å². The fraction of sp³-hybridized carbons (Fsp3) is 0.294. The molecule has 2 aromatic carbocycles. The zero-order valence-corrected chi connectivity index (χ0v) is 15.0. The van der Waals surface area contributed by atoms with E-state index in [0.717, 1.165) is 16.5 Å². The van der Waals surface area contributed by atoms with Crippen molar-refractivity contribution in [2.75, 3.05) is 7.05 Å². The van der Waals surface area contributed by atoms with Gasteiger partial charge in [0, 0.05) is 28.3 Å². The molecule has 0 aliphatic heterocycles. The van der Waals surface area contributed by atoms with E-state index in [2.05, 4.69) is 22.4 Å². The van der Waals surface area contributed by atoms with Crippen molar-refractivity contribution in [2.45, 2.75) is 26.0 Å². The number of halogens is 2. The predicted octanol–water partition coefficient (Wildman–Crippen LogP) is 4.03. The van der Waals surface area contributed by atoms with Gasteiger partial charge in [0.1, 0.15) is 5.75 Å². The summed E-state index contributed by atoms with van der Waals surface area (Å²) >= 11 is 6.21. The first-order valence-electron chi connectivity index (χ1n) is 7.46. The second kappa shape index (κ2) is 8.33. The molecule has 1 unspecified atom stereocenters. The fourth-order valence-electron chi connectivity index (χ4n) is 2.31. The quantitative estimate of drug-likeness (QED) is 0.712. The predicted molar refractivity (Wildman–Crippen MR) is 97.1 cm³/mol. The molecule has 0 bridgehead atoms. The van der Waals surface area contributed by atoms with Gasteiger partial charge in [-0.05, 0) is 26.1 Å². The topological polar surface area (TPSA) is 60.2 Å². The van der Waals surface area contributed by atoms with Gasteiger partial charge in [-0.2, -0.15) is 4.98 Å². The van der Waals surface area contributed by atoms with E-state index in [0.29, 0.717) is 29.2 Å². The van der Waals surface area contributed by atoms with Crippen LogP contribution in [0.3, 0.4) is 0 Å². The first-order valence-corrected chi connectivity index (χ1v) is 7.84. The molecule has 7 heteroatoms. The van der Waals surface area contributed by atoms with Crippen LogP contribution in [0.4, 0.5) is 0 Å². The number of hydrogen-bond acceptors (Lipinski definition) is 5. The van der Waals surface area contributed by atoms with E-state index >= 15 is 0 Å². The molecule has 0 saturated carbocycles. The van der Waals surface area contributed by atoms with Crippen LogP contribution in [0.2, 0.25) is 5.02 Å². The van der Waals surface area contributed by atoms with Gasteiger partial charge in [0.2, 0.25) is 0 Å². The lowest BCUT2D eigenvalue weighted by atomic mass is 10.1. The minimum atomic E-state index is 0. The summed E-state index contributed by atoms with van der Waals surface area (Å²) in [5, 5.41) is 9.73. The molecule has 1 aromatic heterocycles. The number of nitrogens with zero attached hydrogens (tertiary/aromatic N) is 2. The molecule has 0 aliphatic carbocycles. The zero-order chi connectivity index (χ0) is 16.2. The van der Waals surface area contributed by atoms with Crippen LogP contribution in [-0.4, -0.2) is 23.2 Å². The molecule has 3 aromatic rings. The maximum Gasteiger partial charge on any atom is 0.264 e. The lowest BCUT2D eigenvalue weighted by Crippen LogP contribution is -2.24. The van der Waals surface area contributed by atoms with Gasteiger partial charge in [0.05, 0.1) is 0 Å². The molecular weight excluding hydrogens is 349 g/mol. The maximum absolute atomic E-state index is 6.21. The van der Waals surface area contributed by atoms with Crippen molar-refractivity contribution in [1.29, 1.82) is 0 Å². The van der Waals surface area contributed by atoms with Crippen LogP contribution in [0.5, 0.6) is 5.75 Å². The zero-order valence-electron chi connectivity index (χ0n) is 13.5. The number of nitrogens with one attached hydrogen (secondary N) is 1. The Kier molecular flexibility index (Phi) is 6.43. The number of benzene rings is 2. The highest BCUT2D eigenvalue weighted by atomic mass is 35.5. The van der Waals surface area contributed by atoms with Crippen LogP contribution >= 0.6 is 24.0 Å². The molecule has 0 radical (unpaired) electrons. The molecule has 24 heavy (non-hydrogen) atoms. The Morgan fingerprint density at radius 1 is 1.21 bits per heavy atom. The summed E-state index contributed by atoms with van der Waals surface area (Å²) in [6.45, 7) is 2.29. The molecule has 1 atom stereocenters. The third-order valence-electron chi connectivity index (χ3n) is 3.67. The summed E-state index contributed by atoms with van der Waals surface area (Å²) in [6.07, 6.45) is 0.712. The van der Waals surface area contributed by atoms with E-state index in [4.69, 9.17) is 20.9 Å². The normalized spacial score (nSPS) is 12.0. The van der Waals surface area contributed by atoms with Crippen molar-refractivity contribution in [3.05, 3.63) is 53.1 Å². The Morgan fingerprint density at radius 3 is 2.71 bits per heavy atom. The van der Waals surface area contributed by atoms with E-state index in [1.165, 1.54) is 0 Å². The average molecular weight is 368 g/mol. The first kappa shape index (κ1) is 18.5. The number of rotatable bonds is 6. The Morgan fingerprint density at radius 2 is 1.96 bits per heavy atom. The minimum absolute atomic E-state index is 0. The highest BCUT2D eigenvalue weighted by molar-refractivity contribution is 6.35. The summed E-state index contributed by atoms with van der Waals surface area (Å²) in [5.74, 6) is 1.88. The molecule has 1 N–H and O–H groups in total. The standard InChI is InChI=1S/C17H18ClN3O2.ClH/c1-11(19-2)9-16-20-17(23-21-16)10-22-15-8-7-14(18)12-5-3-4-6-13(12)15;/h3-8,11,19H,9-10H2,1-2H3;1H. The van der Waals surface area contributed by atoms with Crippen LogP contribution in [0.25, 0.3) is 10.8 Å². The Balaban J connectivity index is 0.00000208. The van der Waals surface area contributed by atoms with Gasteiger partial charge < -0.3 is 14.6 Å². The molecule has 128 valence electrons. The summed E-state index contributed by atoms with van der Waals surface area (Å²) in [4.78, 5) is 4.34. The van der Waals surface area contributed by atoms with Crippen LogP contribution in [0.1, 0.15) is 18.6 Å². The third kappa shape index (κ3) is 4.17. The van der Waals surface area contributed by atoms with Crippen molar-refractivity contribution >= 4 is 34.8 Å². The number of aromatic nitrogens is 2. The highest BCUT2D eigenvalue weighted by Gasteiger charge is 2.11. The highest BCUT2D eigenvalue weighted by Crippen LogP contribution is 2.31. The number of likely N-dealkylation sites (N-methyl/N-ethyl adjacent to an activating group) is 1. The third-order valence-corrected chi connectivity index (χ3v) is 4.00. The summed E-state index contributed by atoms with van der Waals surface area (Å²) in [5.41, 5.74) is 0. The van der Waals surface area contributed by atoms with Crippen LogP contribution < -0.4 is 10.1 Å². The van der Waals surface area contributed by atoms with Crippen molar-refractivity contribution in [1.82, 2.24) is 15.5 Å². The Bertz CT molecular complexity index is 807. The monoisotopic (exact) mass is 367 g/mol. The van der Waals surface area contributed by atoms with Gasteiger partial charge in [-0.3, -0.25) is 0 Å². The number of hydrogen-bond donors (Lipinski definition) is 1. The van der Waals surface area contributed by atoms with E-state index in [1.807, 2.05) is 43.4 Å². The number of fused-ring (bicyclic) bond motifs is 1. The van der Waals surface area contributed by atoms with E-state index in [-0.39, 0.29) is 19.0 Å². The molecule has 3 rings (SSSR count). The Labute approximate surface area is 151 Å². The van der Waals surface area contributed by atoms with Crippen molar-refractivity contribution in [3.8, 4) is 5.75 Å². The van der Waals surface area contributed by atoms with Gasteiger partial charge >= 0.3 is 0 Å². The lowest BCUT2D eigenvalue weighted by Gasteiger charge is -2.08. The molecule has 0 saturated heterocycles. The summed E-state index contributed by atoms with van der Waals surface area (Å²) in [7, 11) is 1.90. The molecule has 0 amide bonds. The lowest BCUT2D eigenvalue weighted by molar-refractivity contribution is 0.244. The van der Waals surface area contributed by atoms with Gasteiger partial charge in [0.25, 0.3) is 5.89 Å². The van der Waals surface area contributed by atoms with E-state index < -0.39 is 0 Å². The summed E-state index contributed by atoms with van der Waals surface area (Å²) < 4.78 is 11.1. The van der Waals surface area contributed by atoms with Gasteiger partial charge in [-0.15, -0.1) is 12.4 Å². The van der Waals surface area contributed by atoms with Crippen LogP contribution in [-0.2, 0) is 13.0 Å². The molecule has 5 nitrogen and oxygen atoms in total. The van der Waals surface area contributed by atoms with Gasteiger partial charge in [-0.1, -0.05) is 41.0 Å². The molecule has 0 spiro atoms. The minimum Gasteiger partial charge on any atom is -0.483 e. The largest absolute Gasteiger partial charge is 0.483 e. The average Bonchev–Trinajstić information content (AvgIpc) is 3.02. The smallest absolute Gasteiger partial charge is 0.264 e. The van der Waals surface area contributed by atoms with Crippen LogP contribution in [0.15, 0.2) is 40.9 Å². The second-order valence-corrected chi connectivity index (χ2v) is 5.79. The van der Waals surface area contributed by atoms with Gasteiger partial charge in [-0.25, -0.2) is 0 Å².